The van der Waals surface area contributed by atoms with Gasteiger partial charge in [-0.15, -0.1) is 0 Å². The normalized spacial score (nSPS) is 52.5. The lowest BCUT2D eigenvalue weighted by Gasteiger charge is -2.56. The van der Waals surface area contributed by atoms with Crippen molar-refractivity contribution in [1.82, 2.24) is 0 Å². The van der Waals surface area contributed by atoms with Gasteiger partial charge in [0.2, 0.25) is 0 Å². The summed E-state index contributed by atoms with van der Waals surface area (Å²) in [5.41, 5.74) is -0.0685. The Morgan fingerprint density at radius 1 is 1.00 bits per heavy atom. The maximum absolute atomic E-state index is 11.5. The molecule has 13 heavy (non-hydrogen) atoms. The standard InChI is InChI=1S/C11H15BO/c12-10(13)11-4-7-1-8(5-11)3-9(2-7)6-11/h7-9H,1-6H2. The monoisotopic (exact) mass is 174 g/mol. The van der Waals surface area contributed by atoms with Crippen LogP contribution in [-0.4, -0.2) is 13.5 Å². The van der Waals surface area contributed by atoms with Crippen molar-refractivity contribution in [2.75, 3.05) is 0 Å². The highest BCUT2D eigenvalue weighted by atomic mass is 16.1. The second-order valence-electron chi connectivity index (χ2n) is 5.56. The van der Waals surface area contributed by atoms with E-state index in [1.54, 1.807) is 0 Å². The van der Waals surface area contributed by atoms with E-state index in [-0.39, 0.29) is 11.1 Å². The predicted octanol–water partition coefficient (Wildman–Crippen LogP) is 1.90. The lowest BCUT2D eigenvalue weighted by Crippen LogP contribution is -2.50. The van der Waals surface area contributed by atoms with Crippen LogP contribution in [-0.2, 0) is 4.79 Å². The van der Waals surface area contributed by atoms with Crippen molar-refractivity contribution in [1.29, 1.82) is 0 Å². The molecule has 2 radical (unpaired) electrons. The molecule has 0 aliphatic heterocycles. The lowest BCUT2D eigenvalue weighted by molar-refractivity contribution is -0.135. The highest BCUT2D eigenvalue weighted by Crippen LogP contribution is 2.59. The Labute approximate surface area is 80.7 Å². The van der Waals surface area contributed by atoms with Crippen molar-refractivity contribution in [2.45, 2.75) is 38.5 Å². The van der Waals surface area contributed by atoms with E-state index in [0.717, 1.165) is 37.0 Å². The van der Waals surface area contributed by atoms with Crippen molar-refractivity contribution in [2.24, 2.45) is 23.2 Å². The van der Waals surface area contributed by atoms with Crippen LogP contribution in [0, 0.1) is 23.2 Å². The summed E-state index contributed by atoms with van der Waals surface area (Å²) in [5, 5.41) is 0. The first-order chi connectivity index (χ1) is 6.18. The third-order valence-corrected chi connectivity index (χ3v) is 4.56. The Bertz CT molecular complexity index is 224. The van der Waals surface area contributed by atoms with Gasteiger partial charge in [0.05, 0.1) is 5.68 Å². The average molecular weight is 174 g/mol. The number of carbonyl (C=O) groups is 1. The smallest absolute Gasteiger partial charge is 0.168 e. The summed E-state index contributed by atoms with van der Waals surface area (Å²) < 4.78 is 0. The Balaban J connectivity index is 1.95. The summed E-state index contributed by atoms with van der Waals surface area (Å²) in [7, 11) is 5.55. The molecule has 2 heteroatoms. The molecule has 0 aromatic heterocycles. The molecule has 0 saturated heterocycles. The van der Waals surface area contributed by atoms with Gasteiger partial charge in [0.15, 0.2) is 7.85 Å². The van der Waals surface area contributed by atoms with Crippen LogP contribution in [0.2, 0.25) is 0 Å². The Hall–Kier alpha value is -0.265. The quantitative estimate of drug-likeness (QED) is 0.555. The van der Waals surface area contributed by atoms with Crippen molar-refractivity contribution in [3.05, 3.63) is 0 Å². The van der Waals surface area contributed by atoms with E-state index in [1.807, 2.05) is 0 Å². The molecule has 4 aliphatic carbocycles. The summed E-state index contributed by atoms with van der Waals surface area (Å²) in [6.45, 7) is 0. The number of carbonyl (C=O) groups excluding carboxylic acids is 1. The molecule has 0 heterocycles. The molecule has 0 unspecified atom stereocenters. The van der Waals surface area contributed by atoms with Crippen LogP contribution in [0.25, 0.3) is 0 Å². The fraction of sp³-hybridized carbons (Fsp3) is 0.909. The van der Waals surface area contributed by atoms with E-state index in [1.165, 1.54) is 19.3 Å². The van der Waals surface area contributed by atoms with Crippen molar-refractivity contribution in [3.8, 4) is 0 Å². The number of rotatable bonds is 1. The van der Waals surface area contributed by atoms with Crippen LogP contribution >= 0.6 is 0 Å². The zero-order valence-corrected chi connectivity index (χ0v) is 7.96. The van der Waals surface area contributed by atoms with Crippen molar-refractivity contribution >= 4 is 13.5 Å². The fourth-order valence-corrected chi connectivity index (χ4v) is 4.41. The number of hydrogen-bond donors (Lipinski definition) is 0. The van der Waals surface area contributed by atoms with Gasteiger partial charge in [-0.05, 0) is 56.3 Å². The first kappa shape index (κ1) is 8.08. The van der Waals surface area contributed by atoms with E-state index in [4.69, 9.17) is 7.85 Å². The molecular formula is C11H15BO. The summed E-state index contributed by atoms with van der Waals surface area (Å²) in [6, 6.07) is 0. The molecule has 4 bridgehead atoms. The molecule has 4 saturated carbocycles. The van der Waals surface area contributed by atoms with E-state index >= 15 is 0 Å². The molecule has 0 atom stereocenters. The summed E-state index contributed by atoms with van der Waals surface area (Å²) >= 11 is 0. The molecule has 68 valence electrons. The topological polar surface area (TPSA) is 17.1 Å². The second kappa shape index (κ2) is 2.40. The van der Waals surface area contributed by atoms with Gasteiger partial charge in [0.1, 0.15) is 0 Å². The molecule has 0 aromatic rings. The first-order valence-corrected chi connectivity index (χ1v) is 5.48. The van der Waals surface area contributed by atoms with Gasteiger partial charge in [0.25, 0.3) is 0 Å². The summed E-state index contributed by atoms with van der Waals surface area (Å²) in [5.74, 6) is 2.50. The zero-order valence-electron chi connectivity index (χ0n) is 7.96. The highest BCUT2D eigenvalue weighted by Gasteiger charge is 2.52. The van der Waals surface area contributed by atoms with Gasteiger partial charge in [0, 0.05) is 5.41 Å². The predicted molar refractivity (Wildman–Crippen MR) is 51.4 cm³/mol. The maximum Gasteiger partial charge on any atom is 0.168 e. The maximum atomic E-state index is 11.5. The molecule has 0 aromatic carbocycles. The minimum absolute atomic E-state index is 0.00778. The average Bonchev–Trinajstić information content (AvgIpc) is 2.00. The van der Waals surface area contributed by atoms with Gasteiger partial charge in [-0.25, -0.2) is 0 Å². The van der Waals surface area contributed by atoms with Crippen LogP contribution in [0.4, 0.5) is 0 Å². The van der Waals surface area contributed by atoms with E-state index in [2.05, 4.69) is 0 Å². The van der Waals surface area contributed by atoms with E-state index in [0.29, 0.717) is 0 Å². The molecule has 4 fully saturated rings. The summed E-state index contributed by atoms with van der Waals surface area (Å²) in [4.78, 5) is 11.5. The fourth-order valence-electron chi connectivity index (χ4n) is 4.41. The molecular weight excluding hydrogens is 159 g/mol. The van der Waals surface area contributed by atoms with Gasteiger partial charge < -0.3 is 4.79 Å². The highest BCUT2D eigenvalue weighted by molar-refractivity contribution is 6.59. The van der Waals surface area contributed by atoms with E-state index < -0.39 is 0 Å². The van der Waals surface area contributed by atoms with Crippen molar-refractivity contribution < 1.29 is 4.79 Å². The van der Waals surface area contributed by atoms with Crippen LogP contribution < -0.4 is 0 Å². The van der Waals surface area contributed by atoms with Crippen molar-refractivity contribution in [3.63, 3.8) is 0 Å². The molecule has 4 aliphatic rings. The second-order valence-corrected chi connectivity index (χ2v) is 5.56. The minimum Gasteiger partial charge on any atom is -0.312 e. The van der Waals surface area contributed by atoms with Crippen LogP contribution in [0.1, 0.15) is 38.5 Å². The lowest BCUT2D eigenvalue weighted by atomic mass is 9.47. The SMILES string of the molecule is [B]C(=O)C12CC3CC(CC(C3)C1)C2. The van der Waals surface area contributed by atoms with Crippen LogP contribution in [0.5, 0.6) is 0 Å². The van der Waals surface area contributed by atoms with E-state index in [9.17, 15) is 4.79 Å². The minimum atomic E-state index is -0.0608. The van der Waals surface area contributed by atoms with Gasteiger partial charge in [-0.1, -0.05) is 0 Å². The van der Waals surface area contributed by atoms with Crippen LogP contribution in [0.15, 0.2) is 0 Å². The molecule has 0 N–H and O–H groups in total. The van der Waals surface area contributed by atoms with Crippen LogP contribution in [0.3, 0.4) is 0 Å². The van der Waals surface area contributed by atoms with Gasteiger partial charge >= 0.3 is 0 Å². The third kappa shape index (κ3) is 1.04. The summed E-state index contributed by atoms with van der Waals surface area (Å²) in [6.07, 6.45) is 7.46. The van der Waals surface area contributed by atoms with Gasteiger partial charge in [-0.3, -0.25) is 0 Å². The third-order valence-electron chi connectivity index (χ3n) is 4.56. The molecule has 1 nitrogen and oxygen atoms in total. The molecule has 0 spiro atoms. The zero-order chi connectivity index (χ0) is 9.05. The number of hydrogen-bond acceptors (Lipinski definition) is 1. The largest absolute Gasteiger partial charge is 0.312 e. The Morgan fingerprint density at radius 3 is 1.69 bits per heavy atom. The Morgan fingerprint density at radius 2 is 1.38 bits per heavy atom. The Kier molecular flexibility index (Phi) is 1.49. The molecule has 4 rings (SSSR count). The van der Waals surface area contributed by atoms with Gasteiger partial charge in [-0.2, -0.15) is 0 Å². The first-order valence-electron chi connectivity index (χ1n) is 5.48. The molecule has 0 amide bonds.